The van der Waals surface area contributed by atoms with Gasteiger partial charge in [0.25, 0.3) is 0 Å². The first-order chi connectivity index (χ1) is 6.91. The molecule has 0 spiro atoms. The van der Waals surface area contributed by atoms with Crippen LogP contribution in [-0.4, -0.2) is 17.8 Å². The van der Waals surface area contributed by atoms with Crippen molar-refractivity contribution in [2.45, 2.75) is 39.2 Å². The first-order valence-corrected chi connectivity index (χ1v) is 5.31. The second-order valence-corrected chi connectivity index (χ2v) is 4.91. The van der Waals surface area contributed by atoms with Gasteiger partial charge < -0.3 is 9.84 Å². The Morgan fingerprint density at radius 1 is 1.27 bits per heavy atom. The molecule has 0 amide bonds. The fourth-order valence-corrected chi connectivity index (χ4v) is 1.42. The van der Waals surface area contributed by atoms with Crippen LogP contribution in [0.15, 0.2) is 24.3 Å². The molecule has 0 heterocycles. The van der Waals surface area contributed by atoms with Crippen LogP contribution in [0.2, 0.25) is 0 Å². The molecular formula is C13H20O2. The lowest BCUT2D eigenvalue weighted by Crippen LogP contribution is -2.17. The number of aliphatic hydroxyl groups excluding tert-OH is 1. The molecule has 2 heteroatoms. The zero-order valence-electron chi connectivity index (χ0n) is 9.95. The molecule has 0 unspecified atom stereocenters. The van der Waals surface area contributed by atoms with Gasteiger partial charge >= 0.3 is 0 Å². The van der Waals surface area contributed by atoms with Gasteiger partial charge in [0, 0.05) is 0 Å². The molecule has 1 atom stereocenters. The third-order valence-corrected chi connectivity index (χ3v) is 2.18. The minimum Gasteiger partial charge on any atom is -0.491 e. The third-order valence-electron chi connectivity index (χ3n) is 2.18. The van der Waals surface area contributed by atoms with Crippen molar-refractivity contribution in [2.75, 3.05) is 6.61 Å². The molecule has 2 nitrogen and oxygen atoms in total. The summed E-state index contributed by atoms with van der Waals surface area (Å²) in [6.45, 7) is 8.51. The van der Waals surface area contributed by atoms with E-state index in [1.807, 2.05) is 18.2 Å². The maximum absolute atomic E-state index is 9.18. The largest absolute Gasteiger partial charge is 0.491 e. The molecule has 0 aliphatic heterocycles. The fraction of sp³-hybridized carbons (Fsp3) is 0.538. The molecule has 84 valence electrons. The number of para-hydroxylation sites is 1. The molecule has 0 aliphatic carbocycles. The van der Waals surface area contributed by atoms with Crippen LogP contribution >= 0.6 is 0 Å². The Hall–Kier alpha value is -1.02. The van der Waals surface area contributed by atoms with Gasteiger partial charge in [-0.1, -0.05) is 39.0 Å². The van der Waals surface area contributed by atoms with E-state index in [0.717, 1.165) is 5.75 Å². The molecule has 1 N–H and O–H groups in total. The van der Waals surface area contributed by atoms with E-state index in [2.05, 4.69) is 26.8 Å². The van der Waals surface area contributed by atoms with E-state index in [1.54, 1.807) is 6.92 Å². The van der Waals surface area contributed by atoms with Crippen LogP contribution in [0.25, 0.3) is 0 Å². The van der Waals surface area contributed by atoms with Crippen LogP contribution in [-0.2, 0) is 5.41 Å². The van der Waals surface area contributed by atoms with Crippen LogP contribution in [0.5, 0.6) is 5.75 Å². The van der Waals surface area contributed by atoms with Gasteiger partial charge in [-0.05, 0) is 24.0 Å². The summed E-state index contributed by atoms with van der Waals surface area (Å²) in [5.41, 5.74) is 1.24. The van der Waals surface area contributed by atoms with Crippen molar-refractivity contribution in [1.82, 2.24) is 0 Å². The number of aliphatic hydroxyl groups is 1. The number of benzene rings is 1. The molecular weight excluding hydrogens is 188 g/mol. The Morgan fingerprint density at radius 3 is 2.40 bits per heavy atom. The van der Waals surface area contributed by atoms with Gasteiger partial charge in [-0.15, -0.1) is 0 Å². The fourth-order valence-electron chi connectivity index (χ4n) is 1.42. The van der Waals surface area contributed by atoms with Crippen molar-refractivity contribution in [2.24, 2.45) is 0 Å². The van der Waals surface area contributed by atoms with Gasteiger partial charge in [0.05, 0.1) is 6.10 Å². The lowest BCUT2D eigenvalue weighted by atomic mass is 9.86. The maximum atomic E-state index is 9.18. The van der Waals surface area contributed by atoms with Crippen LogP contribution in [0.4, 0.5) is 0 Å². The van der Waals surface area contributed by atoms with E-state index >= 15 is 0 Å². The summed E-state index contributed by atoms with van der Waals surface area (Å²) in [5.74, 6) is 0.867. The Morgan fingerprint density at radius 2 is 1.87 bits per heavy atom. The monoisotopic (exact) mass is 208 g/mol. The van der Waals surface area contributed by atoms with E-state index in [9.17, 15) is 5.11 Å². The highest BCUT2D eigenvalue weighted by molar-refractivity contribution is 5.38. The predicted octanol–water partition coefficient (Wildman–Crippen LogP) is 2.74. The summed E-state index contributed by atoms with van der Waals surface area (Å²) in [5, 5.41) is 9.18. The first-order valence-electron chi connectivity index (χ1n) is 5.31. The van der Waals surface area contributed by atoms with Crippen LogP contribution in [0.1, 0.15) is 33.3 Å². The molecule has 0 radical (unpaired) electrons. The first kappa shape index (κ1) is 12.1. The second-order valence-electron chi connectivity index (χ2n) is 4.91. The third kappa shape index (κ3) is 3.56. The van der Waals surface area contributed by atoms with E-state index in [0.29, 0.717) is 6.61 Å². The summed E-state index contributed by atoms with van der Waals surface area (Å²) in [6.07, 6.45) is -0.432. The zero-order valence-corrected chi connectivity index (χ0v) is 9.95. The van der Waals surface area contributed by atoms with E-state index < -0.39 is 6.10 Å². The van der Waals surface area contributed by atoms with E-state index in [4.69, 9.17) is 4.74 Å². The predicted molar refractivity (Wildman–Crippen MR) is 62.3 cm³/mol. The molecule has 1 aromatic carbocycles. The van der Waals surface area contributed by atoms with Crippen molar-refractivity contribution in [1.29, 1.82) is 0 Å². The van der Waals surface area contributed by atoms with Crippen LogP contribution in [0, 0.1) is 0 Å². The molecule has 0 aliphatic rings. The second kappa shape index (κ2) is 4.67. The van der Waals surface area contributed by atoms with Crippen molar-refractivity contribution in [3.8, 4) is 5.75 Å². The van der Waals surface area contributed by atoms with Crippen molar-refractivity contribution < 1.29 is 9.84 Å². The smallest absolute Gasteiger partial charge is 0.123 e. The summed E-state index contributed by atoms with van der Waals surface area (Å²) in [6, 6.07) is 7.97. The van der Waals surface area contributed by atoms with E-state index in [-0.39, 0.29) is 5.41 Å². The van der Waals surface area contributed by atoms with Gasteiger partial charge in [-0.3, -0.25) is 0 Å². The minimum absolute atomic E-state index is 0.0648. The Kier molecular flexibility index (Phi) is 3.75. The molecule has 0 aromatic heterocycles. The van der Waals surface area contributed by atoms with Crippen LogP contribution in [0.3, 0.4) is 0 Å². The summed E-state index contributed by atoms with van der Waals surface area (Å²) >= 11 is 0. The number of ether oxygens (including phenoxy) is 1. The highest BCUT2D eigenvalue weighted by Crippen LogP contribution is 2.30. The average Bonchev–Trinajstić information content (AvgIpc) is 2.13. The SMILES string of the molecule is C[C@@H](O)COc1ccccc1C(C)(C)C. The number of hydrogen-bond donors (Lipinski definition) is 1. The van der Waals surface area contributed by atoms with Gasteiger partial charge in [0.15, 0.2) is 0 Å². The lowest BCUT2D eigenvalue weighted by molar-refractivity contribution is 0.121. The highest BCUT2D eigenvalue weighted by atomic mass is 16.5. The van der Waals surface area contributed by atoms with Crippen molar-refractivity contribution in [3.05, 3.63) is 29.8 Å². The highest BCUT2D eigenvalue weighted by Gasteiger charge is 2.18. The standard InChI is InChI=1S/C13H20O2/c1-10(14)9-15-12-8-6-5-7-11(12)13(2,3)4/h5-8,10,14H,9H2,1-4H3/t10-/m1/s1. The summed E-state index contributed by atoms with van der Waals surface area (Å²) in [4.78, 5) is 0. The quantitative estimate of drug-likeness (QED) is 0.827. The van der Waals surface area contributed by atoms with Gasteiger partial charge in [-0.2, -0.15) is 0 Å². The summed E-state index contributed by atoms with van der Waals surface area (Å²) < 4.78 is 5.58. The summed E-state index contributed by atoms with van der Waals surface area (Å²) in [7, 11) is 0. The molecule has 15 heavy (non-hydrogen) atoms. The molecule has 1 rings (SSSR count). The maximum Gasteiger partial charge on any atom is 0.123 e. The molecule has 0 fully saturated rings. The van der Waals surface area contributed by atoms with Crippen molar-refractivity contribution >= 4 is 0 Å². The van der Waals surface area contributed by atoms with E-state index in [1.165, 1.54) is 5.56 Å². The normalized spacial score (nSPS) is 13.7. The van der Waals surface area contributed by atoms with Gasteiger partial charge in [0.1, 0.15) is 12.4 Å². The molecule has 0 saturated heterocycles. The number of rotatable bonds is 3. The number of hydrogen-bond acceptors (Lipinski definition) is 2. The Balaban J connectivity index is 2.87. The van der Waals surface area contributed by atoms with Gasteiger partial charge in [-0.25, -0.2) is 0 Å². The Bertz CT molecular complexity index is 311. The Labute approximate surface area is 91.9 Å². The minimum atomic E-state index is -0.432. The topological polar surface area (TPSA) is 29.5 Å². The molecule has 0 bridgehead atoms. The molecule has 0 saturated carbocycles. The van der Waals surface area contributed by atoms with Gasteiger partial charge in [0.2, 0.25) is 0 Å². The zero-order chi connectivity index (χ0) is 11.5. The van der Waals surface area contributed by atoms with Crippen LogP contribution < -0.4 is 4.74 Å². The molecule has 1 aromatic rings. The lowest BCUT2D eigenvalue weighted by Gasteiger charge is -2.23. The average molecular weight is 208 g/mol. The van der Waals surface area contributed by atoms with Crippen molar-refractivity contribution in [3.63, 3.8) is 0 Å².